The fourth-order valence-corrected chi connectivity index (χ4v) is 4.44. The molecule has 4 aromatic rings. The van der Waals surface area contributed by atoms with Gasteiger partial charge in [0.05, 0.1) is 0 Å². The van der Waals surface area contributed by atoms with Gasteiger partial charge in [-0.2, -0.15) is 0 Å². The number of hydrogen-bond donors (Lipinski definition) is 2. The van der Waals surface area contributed by atoms with E-state index in [1.54, 1.807) is 19.9 Å². The maximum absolute atomic E-state index is 12.6. The topological polar surface area (TPSA) is 93.5 Å². The van der Waals surface area contributed by atoms with E-state index in [9.17, 15) is 9.59 Å². The van der Waals surface area contributed by atoms with Gasteiger partial charge >= 0.3 is 6.09 Å². The van der Waals surface area contributed by atoms with Crippen LogP contribution in [0, 0.1) is 6.92 Å². The van der Waals surface area contributed by atoms with E-state index in [1.165, 1.54) is 0 Å². The first-order chi connectivity index (χ1) is 18.4. The maximum atomic E-state index is 12.6. The van der Waals surface area contributed by atoms with Crippen molar-refractivity contribution in [3.05, 3.63) is 106 Å². The number of amides is 2. The number of carbonyl (C=O) groups is 2. The van der Waals surface area contributed by atoms with Crippen molar-refractivity contribution in [1.82, 2.24) is 10.5 Å². The molecule has 1 aliphatic rings. The minimum Gasteiger partial charge on any atom is -0.441 e. The summed E-state index contributed by atoms with van der Waals surface area (Å²) in [5.74, 6) is 0.430. The van der Waals surface area contributed by atoms with E-state index in [-0.39, 0.29) is 5.91 Å². The number of anilines is 1. The molecule has 194 valence electrons. The lowest BCUT2D eigenvalue weighted by molar-refractivity contribution is 0.0951. The van der Waals surface area contributed by atoms with Crippen molar-refractivity contribution in [1.29, 1.82) is 0 Å². The van der Waals surface area contributed by atoms with Crippen LogP contribution in [-0.2, 0) is 11.2 Å². The molecule has 1 atom stereocenters. The van der Waals surface area contributed by atoms with E-state index in [0.29, 0.717) is 33.8 Å². The van der Waals surface area contributed by atoms with Gasteiger partial charge in [0.1, 0.15) is 17.5 Å². The van der Waals surface area contributed by atoms with Crippen LogP contribution in [0.4, 0.5) is 10.5 Å². The number of nitrogens with one attached hydrogen (secondary N) is 2. The smallest absolute Gasteiger partial charge is 0.412 e. The van der Waals surface area contributed by atoms with Crippen LogP contribution in [0.1, 0.15) is 58.6 Å². The van der Waals surface area contributed by atoms with Gasteiger partial charge < -0.3 is 14.6 Å². The Labute approximate surface area is 226 Å². The van der Waals surface area contributed by atoms with Crippen LogP contribution in [0.2, 0.25) is 5.02 Å². The Bertz CT molecular complexity index is 1440. The number of carbonyl (C=O) groups excluding carboxylic acids is 2. The molecule has 2 amide bonds. The molecule has 7 nitrogen and oxygen atoms in total. The van der Waals surface area contributed by atoms with E-state index in [1.807, 2.05) is 66.7 Å². The Kier molecular flexibility index (Phi) is 7.47. The van der Waals surface area contributed by atoms with Gasteiger partial charge in [0.25, 0.3) is 5.91 Å². The third-order valence-corrected chi connectivity index (χ3v) is 6.81. The fourth-order valence-electron chi connectivity index (χ4n) is 4.15. The van der Waals surface area contributed by atoms with Crippen LogP contribution in [0.15, 0.2) is 77.3 Å². The summed E-state index contributed by atoms with van der Waals surface area (Å²) in [6.45, 7) is 3.51. The summed E-state index contributed by atoms with van der Waals surface area (Å²) < 4.78 is 11.1. The lowest BCUT2D eigenvalue weighted by Crippen LogP contribution is -2.25. The molecule has 0 radical (unpaired) electrons. The van der Waals surface area contributed by atoms with Crippen molar-refractivity contribution in [2.45, 2.75) is 45.3 Å². The molecule has 1 fully saturated rings. The third kappa shape index (κ3) is 6.06. The number of aryl methyl sites for hydroxylation is 1. The number of hydrogen-bond acceptors (Lipinski definition) is 5. The van der Waals surface area contributed by atoms with Crippen LogP contribution in [0.25, 0.3) is 11.3 Å². The molecule has 1 saturated carbocycles. The van der Waals surface area contributed by atoms with Crippen LogP contribution in [-0.4, -0.2) is 23.2 Å². The van der Waals surface area contributed by atoms with Gasteiger partial charge in [-0.05, 0) is 62.4 Å². The summed E-state index contributed by atoms with van der Waals surface area (Å²) in [5, 5.41) is 10.3. The number of aromatic nitrogens is 1. The molecule has 3 aromatic carbocycles. The number of halogens is 1. The Morgan fingerprint density at radius 3 is 2.34 bits per heavy atom. The monoisotopic (exact) mass is 529 g/mol. The molecular formula is C30H28ClN3O4. The van der Waals surface area contributed by atoms with E-state index in [4.69, 9.17) is 20.9 Å². The van der Waals surface area contributed by atoms with E-state index < -0.39 is 12.2 Å². The Morgan fingerprint density at radius 1 is 1.03 bits per heavy atom. The molecule has 0 aliphatic heterocycles. The minimum absolute atomic E-state index is 0.0163. The summed E-state index contributed by atoms with van der Waals surface area (Å²) in [5.41, 5.74) is 5.37. The van der Waals surface area contributed by atoms with Crippen LogP contribution in [0.3, 0.4) is 0 Å². The Balaban J connectivity index is 1.23. The normalized spacial score (nSPS) is 13.6. The number of benzene rings is 3. The van der Waals surface area contributed by atoms with Gasteiger partial charge in [-0.25, -0.2) is 4.79 Å². The summed E-state index contributed by atoms with van der Waals surface area (Å²) in [6, 6.07) is 23.1. The second-order valence-corrected chi connectivity index (χ2v) is 9.89. The standard InChI is InChI=1S/C30H28ClN3O4/c1-18-27(33-30(36)37-19(2)25-5-3-4-6-26(25)31)28(38-34-18)22-11-7-20(8-12-22)17-21-9-13-23(14-10-21)29(35)32-24-15-16-24/h3-14,19,24H,15-17H2,1-2H3,(H,32,35)(H,33,36). The quantitative estimate of drug-likeness (QED) is 0.254. The lowest BCUT2D eigenvalue weighted by Gasteiger charge is -2.15. The van der Waals surface area contributed by atoms with E-state index in [0.717, 1.165) is 41.5 Å². The van der Waals surface area contributed by atoms with Gasteiger partial charge in [0, 0.05) is 27.8 Å². The van der Waals surface area contributed by atoms with Crippen molar-refractivity contribution in [3.8, 4) is 11.3 Å². The zero-order valence-electron chi connectivity index (χ0n) is 21.2. The highest BCUT2D eigenvalue weighted by molar-refractivity contribution is 6.31. The molecule has 8 heteroatoms. The third-order valence-electron chi connectivity index (χ3n) is 6.47. The predicted molar refractivity (Wildman–Crippen MR) is 146 cm³/mol. The second kappa shape index (κ2) is 11.1. The average molecular weight is 530 g/mol. The second-order valence-electron chi connectivity index (χ2n) is 9.48. The summed E-state index contributed by atoms with van der Waals surface area (Å²) in [7, 11) is 0. The van der Waals surface area contributed by atoms with Crippen molar-refractivity contribution in [2.75, 3.05) is 5.32 Å². The summed E-state index contributed by atoms with van der Waals surface area (Å²) >= 11 is 6.22. The molecule has 1 aromatic heterocycles. The summed E-state index contributed by atoms with van der Waals surface area (Å²) in [6.07, 6.45) is 1.69. The van der Waals surface area contributed by atoms with Crippen molar-refractivity contribution < 1.29 is 18.8 Å². The number of rotatable bonds is 8. The molecule has 38 heavy (non-hydrogen) atoms. The van der Waals surface area contributed by atoms with Gasteiger partial charge in [-0.3, -0.25) is 10.1 Å². The molecular weight excluding hydrogens is 502 g/mol. The predicted octanol–water partition coefficient (Wildman–Crippen LogP) is 7.10. The minimum atomic E-state index is -0.629. The average Bonchev–Trinajstić information content (AvgIpc) is 3.66. The van der Waals surface area contributed by atoms with Gasteiger partial charge in [-0.1, -0.05) is 71.4 Å². The first kappa shape index (κ1) is 25.5. The van der Waals surface area contributed by atoms with Crippen LogP contribution < -0.4 is 10.6 Å². The molecule has 0 spiro atoms. The Hall–Kier alpha value is -4.10. The highest BCUT2D eigenvalue weighted by atomic mass is 35.5. The van der Waals surface area contributed by atoms with Crippen molar-refractivity contribution in [3.63, 3.8) is 0 Å². The zero-order valence-corrected chi connectivity index (χ0v) is 21.9. The van der Waals surface area contributed by atoms with Crippen molar-refractivity contribution in [2.24, 2.45) is 0 Å². The van der Waals surface area contributed by atoms with Crippen molar-refractivity contribution >= 4 is 29.3 Å². The summed E-state index contributed by atoms with van der Waals surface area (Å²) in [4.78, 5) is 24.8. The maximum Gasteiger partial charge on any atom is 0.412 e. The number of ether oxygens (including phenoxy) is 1. The van der Waals surface area contributed by atoms with E-state index >= 15 is 0 Å². The van der Waals surface area contributed by atoms with Crippen LogP contribution >= 0.6 is 11.6 Å². The molecule has 2 N–H and O–H groups in total. The zero-order chi connectivity index (χ0) is 26.6. The molecule has 1 aliphatic carbocycles. The SMILES string of the molecule is Cc1noc(-c2ccc(Cc3ccc(C(=O)NC4CC4)cc3)cc2)c1NC(=O)OC(C)c1ccccc1Cl. The largest absolute Gasteiger partial charge is 0.441 e. The molecule has 5 rings (SSSR count). The lowest BCUT2D eigenvalue weighted by atomic mass is 10.0. The highest BCUT2D eigenvalue weighted by Crippen LogP contribution is 2.32. The first-order valence-corrected chi connectivity index (χ1v) is 12.9. The van der Waals surface area contributed by atoms with Gasteiger partial charge in [-0.15, -0.1) is 0 Å². The van der Waals surface area contributed by atoms with Gasteiger partial charge in [0.2, 0.25) is 0 Å². The highest BCUT2D eigenvalue weighted by Gasteiger charge is 2.24. The molecule has 1 heterocycles. The molecule has 0 bridgehead atoms. The fraction of sp³-hybridized carbons (Fsp3) is 0.233. The number of nitrogens with zero attached hydrogens (tertiary/aromatic N) is 1. The molecule has 1 unspecified atom stereocenters. The van der Waals surface area contributed by atoms with Crippen LogP contribution in [0.5, 0.6) is 0 Å². The molecule has 0 saturated heterocycles. The van der Waals surface area contributed by atoms with E-state index in [2.05, 4.69) is 15.8 Å². The van der Waals surface area contributed by atoms with Gasteiger partial charge in [0.15, 0.2) is 5.76 Å². The first-order valence-electron chi connectivity index (χ1n) is 12.5. The Morgan fingerprint density at radius 2 is 1.68 bits per heavy atom.